The quantitative estimate of drug-likeness (QED) is 0.673. The largest absolute Gasteiger partial charge is 0.345 e. The van der Waals surface area contributed by atoms with Gasteiger partial charge in [0.15, 0.2) is 0 Å². The minimum absolute atomic E-state index is 0.00113. The molecule has 0 aliphatic carbocycles. The van der Waals surface area contributed by atoms with Crippen LogP contribution in [0.4, 0.5) is 0 Å². The highest BCUT2D eigenvalue weighted by atomic mass is 16.2. The summed E-state index contributed by atoms with van der Waals surface area (Å²) in [5.74, 6) is 5.88. The molecule has 0 atom stereocenters. The Kier molecular flexibility index (Phi) is 5.19. The maximum atomic E-state index is 12.2. The van der Waals surface area contributed by atoms with Crippen LogP contribution in [0, 0.1) is 11.8 Å². The highest BCUT2D eigenvalue weighted by Crippen LogP contribution is 2.26. The van der Waals surface area contributed by atoms with E-state index in [0.717, 1.165) is 22.4 Å². The number of rotatable bonds is 4. The van der Waals surface area contributed by atoms with Crippen molar-refractivity contribution in [2.75, 3.05) is 14.1 Å². The summed E-state index contributed by atoms with van der Waals surface area (Å²) in [5.41, 5.74) is 4.69. The highest BCUT2D eigenvalue weighted by Gasteiger charge is 2.10. The minimum Gasteiger partial charge on any atom is -0.345 e. The number of hydrogen-bond donors (Lipinski definition) is 0. The molecule has 3 aromatic rings. The van der Waals surface area contributed by atoms with Crippen molar-refractivity contribution >= 4 is 5.91 Å². The van der Waals surface area contributed by atoms with Crippen LogP contribution >= 0.6 is 0 Å². The lowest BCUT2D eigenvalue weighted by Crippen LogP contribution is -2.21. The van der Waals surface area contributed by atoms with Gasteiger partial charge in [0.25, 0.3) is 5.91 Å². The molecule has 0 saturated heterocycles. The molecule has 2 aromatic carbocycles. The summed E-state index contributed by atoms with van der Waals surface area (Å²) in [6.45, 7) is 2.41. The van der Waals surface area contributed by atoms with Crippen molar-refractivity contribution < 1.29 is 4.79 Å². The van der Waals surface area contributed by atoms with E-state index in [-0.39, 0.29) is 5.91 Å². The first-order valence-corrected chi connectivity index (χ1v) is 8.44. The van der Waals surface area contributed by atoms with Gasteiger partial charge in [0.2, 0.25) is 0 Å². The lowest BCUT2D eigenvalue weighted by atomic mass is 10.00. The van der Waals surface area contributed by atoms with Gasteiger partial charge in [0.1, 0.15) is 6.54 Å². The van der Waals surface area contributed by atoms with Crippen molar-refractivity contribution in [2.45, 2.75) is 13.5 Å². The van der Waals surface area contributed by atoms with Gasteiger partial charge in [-0.3, -0.25) is 9.48 Å². The normalized spacial score (nSPS) is 10.1. The van der Waals surface area contributed by atoms with E-state index in [0.29, 0.717) is 12.1 Å². The first-order valence-electron chi connectivity index (χ1n) is 8.44. The van der Waals surface area contributed by atoms with Crippen molar-refractivity contribution in [1.29, 1.82) is 0 Å². The van der Waals surface area contributed by atoms with Gasteiger partial charge in [-0.25, -0.2) is 0 Å². The molecule has 0 aliphatic rings. The van der Waals surface area contributed by atoms with E-state index in [9.17, 15) is 4.79 Å². The van der Waals surface area contributed by atoms with Gasteiger partial charge in [0.05, 0.1) is 5.69 Å². The van der Waals surface area contributed by atoms with Gasteiger partial charge in [-0.2, -0.15) is 5.10 Å². The monoisotopic (exact) mass is 343 g/mol. The zero-order valence-electron chi connectivity index (χ0n) is 15.2. The first kappa shape index (κ1) is 17.5. The van der Waals surface area contributed by atoms with Crippen LogP contribution in [0.15, 0.2) is 60.8 Å². The van der Waals surface area contributed by atoms with E-state index in [4.69, 9.17) is 0 Å². The smallest absolute Gasteiger partial charge is 0.253 e. The van der Waals surface area contributed by atoms with Gasteiger partial charge in [-0.05, 0) is 42.3 Å². The molecule has 0 spiro atoms. The molecule has 0 radical (unpaired) electrons. The Labute approximate surface area is 154 Å². The SMILES string of the molecule is CC#CCn1ccc(-c2cccc(-c3cccc(C(=O)N(C)C)c3)c2)n1. The Hall–Kier alpha value is -3.32. The molecule has 0 unspecified atom stereocenters. The van der Waals surface area contributed by atoms with E-state index in [1.807, 2.05) is 66.3 Å². The molecule has 0 fully saturated rings. The second-order valence-electron chi connectivity index (χ2n) is 6.19. The van der Waals surface area contributed by atoms with Crippen LogP contribution in [0.3, 0.4) is 0 Å². The Morgan fingerprint density at radius 2 is 1.73 bits per heavy atom. The average molecular weight is 343 g/mol. The van der Waals surface area contributed by atoms with Crippen molar-refractivity contribution in [3.05, 3.63) is 66.4 Å². The number of nitrogens with zero attached hydrogens (tertiary/aromatic N) is 3. The fourth-order valence-corrected chi connectivity index (χ4v) is 2.71. The number of benzene rings is 2. The zero-order chi connectivity index (χ0) is 18.5. The molecule has 4 nitrogen and oxygen atoms in total. The number of aromatic nitrogens is 2. The van der Waals surface area contributed by atoms with Crippen molar-refractivity contribution in [1.82, 2.24) is 14.7 Å². The Balaban J connectivity index is 1.92. The maximum absolute atomic E-state index is 12.2. The molecule has 0 saturated carbocycles. The highest BCUT2D eigenvalue weighted by molar-refractivity contribution is 5.95. The fourth-order valence-electron chi connectivity index (χ4n) is 2.71. The van der Waals surface area contributed by atoms with E-state index in [2.05, 4.69) is 23.0 Å². The second-order valence-corrected chi connectivity index (χ2v) is 6.19. The topological polar surface area (TPSA) is 38.1 Å². The third-order valence-corrected chi connectivity index (χ3v) is 4.07. The Bertz CT molecular complexity index is 990. The standard InChI is InChI=1S/C22H21N3O/c1-4-5-13-25-14-12-21(23-25)19-10-6-8-17(15-19)18-9-7-11-20(16-18)22(26)24(2)3/h6-12,14-16H,13H2,1-3H3. The average Bonchev–Trinajstić information content (AvgIpc) is 3.15. The summed E-state index contributed by atoms with van der Waals surface area (Å²) in [6.07, 6.45) is 1.93. The van der Waals surface area contributed by atoms with Crippen LogP contribution in [0.25, 0.3) is 22.4 Å². The van der Waals surface area contributed by atoms with Crippen LogP contribution in [-0.4, -0.2) is 34.7 Å². The predicted molar refractivity (Wildman–Crippen MR) is 105 cm³/mol. The Morgan fingerprint density at radius 1 is 1.04 bits per heavy atom. The number of hydrogen-bond acceptors (Lipinski definition) is 2. The summed E-state index contributed by atoms with van der Waals surface area (Å²) in [7, 11) is 3.52. The molecule has 1 amide bonds. The molecular weight excluding hydrogens is 322 g/mol. The fraction of sp³-hybridized carbons (Fsp3) is 0.182. The van der Waals surface area contributed by atoms with Crippen molar-refractivity contribution in [3.8, 4) is 34.2 Å². The van der Waals surface area contributed by atoms with Crippen LogP contribution in [-0.2, 0) is 6.54 Å². The van der Waals surface area contributed by atoms with E-state index < -0.39 is 0 Å². The van der Waals surface area contributed by atoms with Crippen LogP contribution in [0.1, 0.15) is 17.3 Å². The van der Waals surface area contributed by atoms with E-state index >= 15 is 0 Å². The number of amides is 1. The summed E-state index contributed by atoms with van der Waals surface area (Å²) in [4.78, 5) is 13.8. The number of carbonyl (C=O) groups is 1. The molecule has 3 rings (SSSR count). The van der Waals surface area contributed by atoms with E-state index in [1.165, 1.54) is 0 Å². The molecular formula is C22H21N3O. The van der Waals surface area contributed by atoms with Gasteiger partial charge in [-0.1, -0.05) is 36.3 Å². The van der Waals surface area contributed by atoms with Crippen LogP contribution < -0.4 is 0 Å². The molecule has 0 N–H and O–H groups in total. The summed E-state index contributed by atoms with van der Waals surface area (Å²) >= 11 is 0. The van der Waals surface area contributed by atoms with Gasteiger partial charge in [-0.15, -0.1) is 5.92 Å². The van der Waals surface area contributed by atoms with E-state index in [1.54, 1.807) is 19.0 Å². The molecule has 1 aromatic heterocycles. The zero-order valence-corrected chi connectivity index (χ0v) is 15.2. The summed E-state index contributed by atoms with van der Waals surface area (Å²) in [6, 6.07) is 17.9. The molecule has 4 heteroatoms. The molecule has 130 valence electrons. The van der Waals surface area contributed by atoms with Gasteiger partial charge >= 0.3 is 0 Å². The molecule has 26 heavy (non-hydrogen) atoms. The minimum atomic E-state index is -0.00113. The maximum Gasteiger partial charge on any atom is 0.253 e. The Morgan fingerprint density at radius 3 is 2.46 bits per heavy atom. The lowest BCUT2D eigenvalue weighted by Gasteiger charge is -2.11. The summed E-state index contributed by atoms with van der Waals surface area (Å²) < 4.78 is 1.83. The molecule has 0 aliphatic heterocycles. The summed E-state index contributed by atoms with van der Waals surface area (Å²) in [5, 5.41) is 4.58. The molecule has 0 bridgehead atoms. The van der Waals surface area contributed by atoms with Crippen molar-refractivity contribution in [2.24, 2.45) is 0 Å². The van der Waals surface area contributed by atoms with Crippen LogP contribution in [0.5, 0.6) is 0 Å². The predicted octanol–water partition coefficient (Wildman–Crippen LogP) is 3.94. The lowest BCUT2D eigenvalue weighted by molar-refractivity contribution is 0.0827. The third-order valence-electron chi connectivity index (χ3n) is 4.07. The van der Waals surface area contributed by atoms with Crippen molar-refractivity contribution in [3.63, 3.8) is 0 Å². The van der Waals surface area contributed by atoms with Gasteiger partial charge in [0, 0.05) is 31.4 Å². The first-order chi connectivity index (χ1) is 12.6. The molecule has 1 heterocycles. The third kappa shape index (κ3) is 3.84. The number of carbonyl (C=O) groups excluding carboxylic acids is 1. The van der Waals surface area contributed by atoms with Crippen LogP contribution in [0.2, 0.25) is 0 Å². The second kappa shape index (κ2) is 7.71. The van der Waals surface area contributed by atoms with Gasteiger partial charge < -0.3 is 4.90 Å².